The van der Waals surface area contributed by atoms with Crippen molar-refractivity contribution < 1.29 is 19.2 Å². The Morgan fingerprint density at radius 3 is 2.57 bits per heavy atom. The fourth-order valence-electron chi connectivity index (χ4n) is 3.95. The Morgan fingerprint density at radius 2 is 1.93 bits per heavy atom. The van der Waals surface area contributed by atoms with Crippen molar-refractivity contribution in [3.8, 4) is 0 Å². The average molecular weight is 386 g/mol. The zero-order valence-corrected chi connectivity index (χ0v) is 16.2. The van der Waals surface area contributed by atoms with Gasteiger partial charge in [-0.25, -0.2) is 4.79 Å². The van der Waals surface area contributed by atoms with Gasteiger partial charge in [0, 0.05) is 19.2 Å². The smallest absolute Gasteiger partial charge is 0.325 e. The van der Waals surface area contributed by atoms with Gasteiger partial charge in [0.05, 0.1) is 0 Å². The summed E-state index contributed by atoms with van der Waals surface area (Å²) in [6, 6.07) is 6.58. The lowest BCUT2D eigenvalue weighted by molar-refractivity contribution is -0.137. The van der Waals surface area contributed by atoms with Crippen LogP contribution in [0.25, 0.3) is 0 Å². The second-order valence-electron chi connectivity index (χ2n) is 7.59. The van der Waals surface area contributed by atoms with E-state index in [9.17, 15) is 19.2 Å². The molecule has 3 rings (SSSR count). The average Bonchev–Trinajstić information content (AvgIpc) is 2.88. The SMILES string of the molecule is CC(=O)Nc1ccc(CNC(=O)CN2C(=O)NC3(CCCCC3C)C2=O)cc1. The van der Waals surface area contributed by atoms with Crippen LogP contribution in [0, 0.1) is 5.92 Å². The van der Waals surface area contributed by atoms with Gasteiger partial charge < -0.3 is 16.0 Å². The van der Waals surface area contributed by atoms with Gasteiger partial charge in [-0.3, -0.25) is 19.3 Å². The summed E-state index contributed by atoms with van der Waals surface area (Å²) in [5.74, 6) is -0.776. The lowest BCUT2D eigenvalue weighted by Crippen LogP contribution is -2.54. The number of nitrogens with one attached hydrogen (secondary N) is 3. The summed E-state index contributed by atoms with van der Waals surface area (Å²) in [5, 5.41) is 8.24. The molecular formula is C20H26N4O4. The van der Waals surface area contributed by atoms with E-state index >= 15 is 0 Å². The van der Waals surface area contributed by atoms with Crippen molar-refractivity contribution in [1.82, 2.24) is 15.5 Å². The first-order valence-electron chi connectivity index (χ1n) is 9.59. The van der Waals surface area contributed by atoms with Crippen molar-refractivity contribution in [3.63, 3.8) is 0 Å². The molecule has 2 unspecified atom stereocenters. The molecule has 0 bridgehead atoms. The van der Waals surface area contributed by atoms with Crippen LogP contribution in [0.15, 0.2) is 24.3 Å². The van der Waals surface area contributed by atoms with E-state index in [1.807, 2.05) is 6.92 Å². The minimum absolute atomic E-state index is 0.0629. The molecule has 1 aliphatic carbocycles. The zero-order chi connectivity index (χ0) is 20.3. The van der Waals surface area contributed by atoms with Crippen molar-refractivity contribution in [2.75, 3.05) is 11.9 Å². The van der Waals surface area contributed by atoms with Gasteiger partial charge in [0.25, 0.3) is 5.91 Å². The molecule has 1 saturated carbocycles. The molecule has 1 aromatic rings. The summed E-state index contributed by atoms with van der Waals surface area (Å²) in [7, 11) is 0. The van der Waals surface area contributed by atoms with Crippen molar-refractivity contribution in [2.24, 2.45) is 5.92 Å². The molecule has 2 fully saturated rings. The van der Waals surface area contributed by atoms with Gasteiger partial charge in [0.15, 0.2) is 0 Å². The Hall–Kier alpha value is -2.90. The van der Waals surface area contributed by atoms with Crippen molar-refractivity contribution in [3.05, 3.63) is 29.8 Å². The number of carbonyl (C=O) groups excluding carboxylic acids is 4. The predicted molar refractivity (Wildman–Crippen MR) is 103 cm³/mol. The Balaban J connectivity index is 1.55. The highest BCUT2D eigenvalue weighted by atomic mass is 16.2. The fourth-order valence-corrected chi connectivity index (χ4v) is 3.95. The Bertz CT molecular complexity index is 792. The highest BCUT2D eigenvalue weighted by Gasteiger charge is 2.55. The molecule has 3 N–H and O–H groups in total. The second kappa shape index (κ2) is 8.00. The maximum Gasteiger partial charge on any atom is 0.325 e. The van der Waals surface area contributed by atoms with E-state index in [0.29, 0.717) is 12.1 Å². The Labute approximate surface area is 164 Å². The summed E-state index contributed by atoms with van der Waals surface area (Å²) >= 11 is 0. The molecule has 2 atom stereocenters. The van der Waals surface area contributed by atoms with Gasteiger partial charge in [-0.05, 0) is 36.5 Å². The number of imide groups is 1. The molecule has 1 aliphatic heterocycles. The van der Waals surface area contributed by atoms with Crippen LogP contribution in [-0.2, 0) is 20.9 Å². The van der Waals surface area contributed by atoms with Gasteiger partial charge in [0.1, 0.15) is 12.1 Å². The molecule has 1 aromatic carbocycles. The lowest BCUT2D eigenvalue weighted by Gasteiger charge is -2.36. The van der Waals surface area contributed by atoms with Gasteiger partial charge in [-0.2, -0.15) is 0 Å². The van der Waals surface area contributed by atoms with E-state index in [4.69, 9.17) is 0 Å². The molecule has 5 amide bonds. The number of anilines is 1. The van der Waals surface area contributed by atoms with Crippen LogP contribution < -0.4 is 16.0 Å². The summed E-state index contributed by atoms with van der Waals surface area (Å²) in [6.07, 6.45) is 3.45. The number of amides is 5. The van der Waals surface area contributed by atoms with E-state index in [1.165, 1.54) is 6.92 Å². The normalized spacial score (nSPS) is 24.2. The minimum Gasteiger partial charge on any atom is -0.350 e. The third kappa shape index (κ3) is 4.00. The van der Waals surface area contributed by atoms with Gasteiger partial charge in [-0.1, -0.05) is 31.9 Å². The topological polar surface area (TPSA) is 108 Å². The number of urea groups is 1. The number of rotatable bonds is 5. The van der Waals surface area contributed by atoms with E-state index < -0.39 is 17.5 Å². The summed E-state index contributed by atoms with van der Waals surface area (Å²) < 4.78 is 0. The molecule has 1 heterocycles. The Morgan fingerprint density at radius 1 is 1.21 bits per heavy atom. The summed E-state index contributed by atoms with van der Waals surface area (Å²) in [4.78, 5) is 49.5. The standard InChI is InChI=1S/C20H26N4O4/c1-13-5-3-4-10-20(13)18(27)24(19(28)23-20)12-17(26)21-11-15-6-8-16(9-7-15)22-14(2)25/h6-9,13H,3-5,10-12H2,1-2H3,(H,21,26)(H,22,25)(H,23,28). The first-order chi connectivity index (χ1) is 13.3. The van der Waals surface area contributed by atoms with E-state index in [0.717, 1.165) is 29.7 Å². The number of nitrogens with zero attached hydrogens (tertiary/aromatic N) is 1. The molecule has 1 saturated heterocycles. The van der Waals surface area contributed by atoms with Crippen LogP contribution in [0.1, 0.15) is 45.1 Å². The monoisotopic (exact) mass is 386 g/mol. The van der Waals surface area contributed by atoms with E-state index in [2.05, 4.69) is 16.0 Å². The lowest BCUT2D eigenvalue weighted by atomic mass is 9.73. The van der Waals surface area contributed by atoms with Crippen LogP contribution in [-0.4, -0.2) is 40.7 Å². The zero-order valence-electron chi connectivity index (χ0n) is 16.2. The summed E-state index contributed by atoms with van der Waals surface area (Å²) in [6.45, 7) is 3.39. The Kier molecular flexibility index (Phi) is 5.67. The maximum absolute atomic E-state index is 12.9. The maximum atomic E-state index is 12.9. The van der Waals surface area contributed by atoms with Crippen molar-refractivity contribution in [1.29, 1.82) is 0 Å². The van der Waals surface area contributed by atoms with E-state index in [-0.39, 0.29) is 30.8 Å². The van der Waals surface area contributed by atoms with Gasteiger partial charge in [0.2, 0.25) is 11.8 Å². The van der Waals surface area contributed by atoms with Crippen molar-refractivity contribution >= 4 is 29.4 Å². The third-order valence-corrected chi connectivity index (χ3v) is 5.57. The number of hydrogen-bond donors (Lipinski definition) is 3. The highest BCUT2D eigenvalue weighted by Crippen LogP contribution is 2.38. The van der Waals surface area contributed by atoms with Crippen LogP contribution in [0.4, 0.5) is 10.5 Å². The first kappa shape index (κ1) is 19.9. The van der Waals surface area contributed by atoms with Crippen LogP contribution in [0.2, 0.25) is 0 Å². The molecule has 1 spiro atoms. The summed E-state index contributed by atoms with van der Waals surface area (Å²) in [5.41, 5.74) is 0.667. The molecule has 0 radical (unpaired) electrons. The van der Waals surface area contributed by atoms with Crippen LogP contribution >= 0.6 is 0 Å². The largest absolute Gasteiger partial charge is 0.350 e. The quantitative estimate of drug-likeness (QED) is 0.670. The minimum atomic E-state index is -0.852. The molecule has 28 heavy (non-hydrogen) atoms. The molecule has 8 heteroatoms. The molecule has 0 aromatic heterocycles. The first-order valence-corrected chi connectivity index (χ1v) is 9.59. The molecule has 150 valence electrons. The van der Waals surface area contributed by atoms with Crippen LogP contribution in [0.5, 0.6) is 0 Å². The predicted octanol–water partition coefficient (Wildman–Crippen LogP) is 1.76. The second-order valence-corrected chi connectivity index (χ2v) is 7.59. The molecule has 8 nitrogen and oxygen atoms in total. The van der Waals surface area contributed by atoms with E-state index in [1.54, 1.807) is 24.3 Å². The van der Waals surface area contributed by atoms with Gasteiger partial charge >= 0.3 is 6.03 Å². The van der Waals surface area contributed by atoms with Crippen LogP contribution in [0.3, 0.4) is 0 Å². The van der Waals surface area contributed by atoms with Crippen molar-refractivity contribution in [2.45, 2.75) is 51.6 Å². The molecule has 2 aliphatic rings. The molecular weight excluding hydrogens is 360 g/mol. The highest BCUT2D eigenvalue weighted by molar-refractivity contribution is 6.09. The third-order valence-electron chi connectivity index (χ3n) is 5.57. The number of hydrogen-bond acceptors (Lipinski definition) is 4. The number of carbonyl (C=O) groups is 4. The van der Waals surface area contributed by atoms with Gasteiger partial charge in [-0.15, -0.1) is 0 Å². The fraction of sp³-hybridized carbons (Fsp3) is 0.500. The number of benzene rings is 1.